The molecule has 3 aromatic rings. The van der Waals surface area contributed by atoms with Gasteiger partial charge in [0.15, 0.2) is 0 Å². The van der Waals surface area contributed by atoms with Gasteiger partial charge in [-0.1, -0.05) is 55.0 Å². The molecule has 4 nitrogen and oxygen atoms in total. The van der Waals surface area contributed by atoms with Gasteiger partial charge in [-0.2, -0.15) is 5.26 Å². The number of hydrogen-bond donors (Lipinski definition) is 1. The van der Waals surface area contributed by atoms with E-state index in [4.69, 9.17) is 5.26 Å². The average Bonchev–Trinajstić information content (AvgIpc) is 2.85. The van der Waals surface area contributed by atoms with E-state index < -0.39 is 0 Å². The molecular weight excluding hydrogens is 394 g/mol. The molecule has 0 aliphatic heterocycles. The quantitative estimate of drug-likeness (QED) is 0.470. The number of rotatable bonds is 7. The molecule has 4 heteroatoms. The minimum atomic E-state index is -0.110. The van der Waals surface area contributed by atoms with Gasteiger partial charge in [-0.3, -0.25) is 4.79 Å². The summed E-state index contributed by atoms with van der Waals surface area (Å²) in [4.78, 5) is 14.8. The molecule has 1 saturated carbocycles. The Morgan fingerprint density at radius 2 is 1.84 bits per heavy atom. The highest BCUT2D eigenvalue weighted by molar-refractivity contribution is 5.95. The summed E-state index contributed by atoms with van der Waals surface area (Å²) in [5, 5.41) is 14.0. The van der Waals surface area contributed by atoms with Crippen LogP contribution < -0.4 is 10.2 Å². The lowest BCUT2D eigenvalue weighted by molar-refractivity contribution is 0.0954. The first kappa shape index (κ1) is 21.9. The molecule has 4 rings (SSSR count). The summed E-state index contributed by atoms with van der Waals surface area (Å²) in [5.74, 6) is 0.398. The first-order chi connectivity index (χ1) is 15.7. The van der Waals surface area contributed by atoms with Crippen molar-refractivity contribution in [3.63, 3.8) is 0 Å². The lowest BCUT2D eigenvalue weighted by Gasteiger charge is -2.39. The zero-order chi connectivity index (χ0) is 22.3. The fourth-order valence-corrected chi connectivity index (χ4v) is 5.07. The fourth-order valence-electron chi connectivity index (χ4n) is 5.07. The van der Waals surface area contributed by atoms with Crippen molar-refractivity contribution in [1.29, 1.82) is 5.26 Å². The Hall–Kier alpha value is -3.32. The van der Waals surface area contributed by atoms with Crippen molar-refractivity contribution in [3.05, 3.63) is 77.9 Å². The van der Waals surface area contributed by atoms with Crippen LogP contribution in [0.1, 0.15) is 60.9 Å². The largest absolute Gasteiger partial charge is 0.368 e. The van der Waals surface area contributed by atoms with Crippen molar-refractivity contribution >= 4 is 22.4 Å². The lowest BCUT2D eigenvalue weighted by atomic mass is 9.80. The van der Waals surface area contributed by atoms with Gasteiger partial charge in [0.25, 0.3) is 5.91 Å². The van der Waals surface area contributed by atoms with Gasteiger partial charge in [0.05, 0.1) is 12.5 Å². The van der Waals surface area contributed by atoms with Crippen molar-refractivity contribution in [1.82, 2.24) is 5.32 Å². The van der Waals surface area contributed by atoms with E-state index in [0.717, 1.165) is 13.0 Å². The normalized spacial score (nSPS) is 18.1. The van der Waals surface area contributed by atoms with Crippen LogP contribution >= 0.6 is 0 Å². The molecule has 1 aliphatic carbocycles. The van der Waals surface area contributed by atoms with Gasteiger partial charge < -0.3 is 10.2 Å². The molecule has 32 heavy (non-hydrogen) atoms. The van der Waals surface area contributed by atoms with Gasteiger partial charge in [-0.15, -0.1) is 0 Å². The first-order valence-corrected chi connectivity index (χ1v) is 11.7. The summed E-state index contributed by atoms with van der Waals surface area (Å²) in [6.07, 6.45) is 5.08. The molecule has 1 amide bonds. The number of carbonyl (C=O) groups excluding carboxylic acids is 1. The summed E-state index contributed by atoms with van der Waals surface area (Å²) in [6.45, 7) is 3.64. The van der Waals surface area contributed by atoms with Crippen LogP contribution in [0.15, 0.2) is 66.7 Å². The van der Waals surface area contributed by atoms with Crippen LogP contribution in [0, 0.1) is 11.3 Å². The first-order valence-electron chi connectivity index (χ1n) is 11.7. The van der Waals surface area contributed by atoms with Crippen LogP contribution in [0.25, 0.3) is 10.8 Å². The number of amides is 1. The maximum absolute atomic E-state index is 12.2. The molecule has 1 fully saturated rings. The Balaban J connectivity index is 1.49. The number of carbonyl (C=O) groups is 1. The topological polar surface area (TPSA) is 56.1 Å². The van der Waals surface area contributed by atoms with Crippen molar-refractivity contribution in [2.24, 2.45) is 0 Å². The number of anilines is 1. The minimum Gasteiger partial charge on any atom is -0.368 e. The number of nitriles is 1. The molecule has 0 bridgehead atoms. The van der Waals surface area contributed by atoms with E-state index >= 15 is 0 Å². The third-order valence-electron chi connectivity index (χ3n) is 6.67. The van der Waals surface area contributed by atoms with Gasteiger partial charge in [-0.05, 0) is 61.3 Å². The second-order valence-electron chi connectivity index (χ2n) is 8.59. The molecule has 2 atom stereocenters. The Labute approximate surface area is 190 Å². The van der Waals surface area contributed by atoms with Crippen molar-refractivity contribution in [2.45, 2.75) is 51.0 Å². The molecule has 2 unspecified atom stereocenters. The van der Waals surface area contributed by atoms with Crippen LogP contribution in [0.3, 0.4) is 0 Å². The predicted octanol–water partition coefficient (Wildman–Crippen LogP) is 6.04. The summed E-state index contributed by atoms with van der Waals surface area (Å²) in [6, 6.07) is 25.9. The molecule has 0 spiro atoms. The lowest BCUT2D eigenvalue weighted by Crippen LogP contribution is -2.38. The van der Waals surface area contributed by atoms with E-state index in [1.54, 1.807) is 0 Å². The highest BCUT2D eigenvalue weighted by Gasteiger charge is 2.28. The fraction of sp³-hybridized carbons (Fsp3) is 0.357. The summed E-state index contributed by atoms with van der Waals surface area (Å²) >= 11 is 0. The van der Waals surface area contributed by atoms with E-state index in [0.29, 0.717) is 30.5 Å². The number of benzene rings is 3. The standard InChI is InChI=1S/C28H31N3O/c1-2-31(27-13-6-9-22-8-3-4-12-26(22)27)25-11-5-10-24(20-25)21-14-16-23(17-15-21)28(32)30-19-7-18-29/h3-4,6,8-9,12-17,24-25H,2,5,7,10-11,19-20H2,1H3,(H,30,32). The highest BCUT2D eigenvalue weighted by atomic mass is 16.1. The summed E-state index contributed by atoms with van der Waals surface area (Å²) in [5.41, 5.74) is 3.31. The van der Waals surface area contributed by atoms with Crippen LogP contribution in [-0.2, 0) is 0 Å². The third-order valence-corrected chi connectivity index (χ3v) is 6.67. The van der Waals surface area contributed by atoms with E-state index in [9.17, 15) is 4.79 Å². The average molecular weight is 426 g/mol. The number of nitrogens with zero attached hydrogens (tertiary/aromatic N) is 2. The Morgan fingerprint density at radius 1 is 1.06 bits per heavy atom. The maximum atomic E-state index is 12.2. The second kappa shape index (κ2) is 10.3. The number of fused-ring (bicyclic) bond motifs is 1. The monoisotopic (exact) mass is 425 g/mol. The number of nitrogens with one attached hydrogen (secondary N) is 1. The zero-order valence-electron chi connectivity index (χ0n) is 18.8. The SMILES string of the molecule is CCN(c1cccc2ccccc12)C1CCCC(c2ccc(C(=O)NCCC#N)cc2)C1. The van der Waals surface area contributed by atoms with Crippen molar-refractivity contribution < 1.29 is 4.79 Å². The molecule has 1 aliphatic rings. The predicted molar refractivity (Wildman–Crippen MR) is 131 cm³/mol. The van der Waals surface area contributed by atoms with Gasteiger partial charge >= 0.3 is 0 Å². The number of hydrogen-bond acceptors (Lipinski definition) is 3. The van der Waals surface area contributed by atoms with E-state index in [1.807, 2.05) is 18.2 Å². The molecule has 0 saturated heterocycles. The van der Waals surface area contributed by atoms with Crippen molar-refractivity contribution in [3.8, 4) is 6.07 Å². The van der Waals surface area contributed by atoms with Crippen molar-refractivity contribution in [2.75, 3.05) is 18.0 Å². The van der Waals surface area contributed by atoms with Gasteiger partial charge in [0, 0.05) is 35.8 Å². The van der Waals surface area contributed by atoms with E-state index in [2.05, 4.69) is 71.7 Å². The second-order valence-corrected chi connectivity index (χ2v) is 8.59. The summed E-state index contributed by atoms with van der Waals surface area (Å²) in [7, 11) is 0. The molecule has 0 heterocycles. The molecule has 0 radical (unpaired) electrons. The third kappa shape index (κ3) is 4.78. The molecule has 0 aromatic heterocycles. The van der Waals surface area contributed by atoms with Gasteiger partial charge in [-0.25, -0.2) is 0 Å². The molecule has 3 aromatic carbocycles. The van der Waals surface area contributed by atoms with Gasteiger partial charge in [0.1, 0.15) is 0 Å². The molecule has 164 valence electrons. The smallest absolute Gasteiger partial charge is 0.251 e. The summed E-state index contributed by atoms with van der Waals surface area (Å²) < 4.78 is 0. The maximum Gasteiger partial charge on any atom is 0.251 e. The minimum absolute atomic E-state index is 0.110. The van der Waals surface area contributed by atoms with Crippen LogP contribution in [0.5, 0.6) is 0 Å². The molecule has 1 N–H and O–H groups in total. The Morgan fingerprint density at radius 3 is 2.62 bits per heavy atom. The Kier molecular flexibility index (Phi) is 7.07. The van der Waals surface area contributed by atoms with Crippen LogP contribution in [0.4, 0.5) is 5.69 Å². The van der Waals surface area contributed by atoms with Gasteiger partial charge in [0.2, 0.25) is 0 Å². The van der Waals surface area contributed by atoms with E-state index in [-0.39, 0.29) is 5.91 Å². The van der Waals surface area contributed by atoms with Crippen LogP contribution in [0.2, 0.25) is 0 Å². The zero-order valence-corrected chi connectivity index (χ0v) is 18.8. The molecular formula is C28H31N3O. The van der Waals surface area contributed by atoms with Crippen LogP contribution in [-0.4, -0.2) is 25.0 Å². The van der Waals surface area contributed by atoms with E-state index in [1.165, 1.54) is 41.3 Å². The highest BCUT2D eigenvalue weighted by Crippen LogP contribution is 2.38. The Bertz CT molecular complexity index is 1090.